The van der Waals surface area contributed by atoms with Crippen LogP contribution in [0.1, 0.15) is 5.69 Å². The van der Waals surface area contributed by atoms with Crippen molar-refractivity contribution in [2.24, 2.45) is 7.05 Å². The quantitative estimate of drug-likeness (QED) is 0.764. The summed E-state index contributed by atoms with van der Waals surface area (Å²) in [4.78, 5) is 13.1. The summed E-state index contributed by atoms with van der Waals surface area (Å²) in [6.07, 6.45) is 1.94. The number of anilines is 1. The molecule has 0 atom stereocenters. The zero-order chi connectivity index (χ0) is 11.5. The number of hydrogen-bond acceptors (Lipinski definition) is 3. The van der Waals surface area contributed by atoms with Gasteiger partial charge in [-0.15, -0.1) is 0 Å². The van der Waals surface area contributed by atoms with Crippen LogP contribution in [-0.4, -0.2) is 46.9 Å². The van der Waals surface area contributed by atoms with Crippen LogP contribution in [0.2, 0.25) is 0 Å². The second kappa shape index (κ2) is 4.42. The van der Waals surface area contributed by atoms with E-state index in [-0.39, 0.29) is 6.03 Å². The van der Waals surface area contributed by atoms with Crippen molar-refractivity contribution in [3.8, 4) is 0 Å². The summed E-state index contributed by atoms with van der Waals surface area (Å²) >= 11 is 0. The number of nitrogens with zero attached hydrogens (tertiary/aromatic N) is 3. The highest BCUT2D eigenvalue weighted by Gasteiger charge is 2.18. The molecular formula is C10H17N5O. The average molecular weight is 223 g/mol. The maximum absolute atomic E-state index is 11.3. The lowest BCUT2D eigenvalue weighted by atomic mass is 10.4. The van der Waals surface area contributed by atoms with Gasteiger partial charge in [-0.2, -0.15) is 5.10 Å². The van der Waals surface area contributed by atoms with E-state index in [9.17, 15) is 4.79 Å². The van der Waals surface area contributed by atoms with Gasteiger partial charge in [0.1, 0.15) is 0 Å². The average Bonchev–Trinajstić information content (AvgIpc) is 2.75. The predicted octanol–water partition coefficient (Wildman–Crippen LogP) is 0.166. The third-order valence-electron chi connectivity index (χ3n) is 2.66. The Labute approximate surface area is 94.6 Å². The third-order valence-corrected chi connectivity index (χ3v) is 2.66. The van der Waals surface area contributed by atoms with Crippen LogP contribution < -0.4 is 10.6 Å². The number of carbonyl (C=O) groups excluding carboxylic acids is 1. The van der Waals surface area contributed by atoms with E-state index in [1.165, 1.54) is 0 Å². The first kappa shape index (κ1) is 10.8. The molecule has 0 unspecified atom stereocenters. The second-order valence-electron chi connectivity index (χ2n) is 3.95. The fraction of sp³-hybridized carbons (Fsp3) is 0.600. The molecule has 2 N–H and O–H groups in total. The minimum atomic E-state index is 0.0321. The summed E-state index contributed by atoms with van der Waals surface area (Å²) in [7, 11) is 1.89. The van der Waals surface area contributed by atoms with Gasteiger partial charge in [-0.25, -0.2) is 4.79 Å². The summed E-state index contributed by atoms with van der Waals surface area (Å²) < 4.78 is 1.78. The lowest BCUT2D eigenvalue weighted by Gasteiger charge is -2.14. The van der Waals surface area contributed by atoms with Crippen LogP contribution >= 0.6 is 0 Å². The molecule has 1 fully saturated rings. The van der Waals surface area contributed by atoms with Gasteiger partial charge in [0.2, 0.25) is 0 Å². The second-order valence-corrected chi connectivity index (χ2v) is 3.95. The van der Waals surface area contributed by atoms with Gasteiger partial charge < -0.3 is 15.5 Å². The van der Waals surface area contributed by atoms with E-state index in [1.54, 1.807) is 9.58 Å². The maximum atomic E-state index is 11.3. The van der Waals surface area contributed by atoms with Crippen molar-refractivity contribution in [2.75, 3.05) is 31.5 Å². The zero-order valence-electron chi connectivity index (χ0n) is 9.66. The topological polar surface area (TPSA) is 62.2 Å². The lowest BCUT2D eigenvalue weighted by molar-refractivity contribution is 0.219. The minimum absolute atomic E-state index is 0.0321. The van der Waals surface area contributed by atoms with Gasteiger partial charge >= 0.3 is 6.03 Å². The van der Waals surface area contributed by atoms with E-state index in [1.807, 2.05) is 20.2 Å². The van der Waals surface area contributed by atoms with Gasteiger partial charge in [0.25, 0.3) is 0 Å². The summed E-state index contributed by atoms with van der Waals surface area (Å²) in [5, 5.41) is 10.3. The first-order valence-corrected chi connectivity index (χ1v) is 5.43. The molecule has 6 heteroatoms. The molecule has 6 nitrogen and oxygen atoms in total. The first-order chi connectivity index (χ1) is 7.66. The molecular weight excluding hydrogens is 206 g/mol. The number of urea groups is 1. The molecule has 16 heavy (non-hydrogen) atoms. The summed E-state index contributed by atoms with van der Waals surface area (Å²) in [6.45, 7) is 4.99. The molecule has 0 saturated carbocycles. The van der Waals surface area contributed by atoms with Gasteiger partial charge in [-0.1, -0.05) is 0 Å². The summed E-state index contributed by atoms with van der Waals surface area (Å²) in [6, 6.07) is 0.0321. The molecule has 1 aliphatic heterocycles. The third kappa shape index (κ3) is 2.26. The van der Waals surface area contributed by atoms with Crippen molar-refractivity contribution in [3.05, 3.63) is 11.9 Å². The van der Waals surface area contributed by atoms with Gasteiger partial charge in [-0.3, -0.25) is 4.68 Å². The molecule has 0 aromatic carbocycles. The zero-order valence-corrected chi connectivity index (χ0v) is 9.66. The highest BCUT2D eigenvalue weighted by Crippen LogP contribution is 2.10. The van der Waals surface area contributed by atoms with Crippen molar-refractivity contribution in [1.29, 1.82) is 0 Å². The number of aryl methyl sites for hydroxylation is 2. The van der Waals surface area contributed by atoms with Crippen molar-refractivity contribution < 1.29 is 4.79 Å². The molecule has 88 valence electrons. The van der Waals surface area contributed by atoms with Gasteiger partial charge in [0, 0.05) is 39.4 Å². The number of hydrogen-bond donors (Lipinski definition) is 2. The number of aromatic nitrogens is 2. The molecule has 1 aromatic heterocycles. The SMILES string of the molecule is Cc1nn(C)cc1NCCN1CCNC1=O. The summed E-state index contributed by atoms with van der Waals surface area (Å²) in [5.74, 6) is 0. The van der Waals surface area contributed by atoms with Gasteiger partial charge in [-0.05, 0) is 6.92 Å². The number of carbonyl (C=O) groups is 1. The standard InChI is InChI=1S/C10H17N5O/c1-8-9(7-14(2)13-8)11-3-5-15-6-4-12-10(15)16/h7,11H,3-6H2,1-2H3,(H,12,16). The van der Waals surface area contributed by atoms with Crippen LogP contribution in [0.3, 0.4) is 0 Å². The number of nitrogens with one attached hydrogen (secondary N) is 2. The van der Waals surface area contributed by atoms with Crippen molar-refractivity contribution >= 4 is 11.7 Å². The van der Waals surface area contributed by atoms with Crippen LogP contribution in [0, 0.1) is 6.92 Å². The fourth-order valence-corrected chi connectivity index (χ4v) is 1.82. The Balaban J connectivity index is 1.79. The highest BCUT2D eigenvalue weighted by molar-refractivity contribution is 5.76. The Kier molecular flexibility index (Phi) is 2.98. The molecule has 1 aliphatic rings. The normalized spacial score (nSPS) is 15.4. The largest absolute Gasteiger partial charge is 0.381 e. The van der Waals surface area contributed by atoms with Crippen LogP contribution in [0.5, 0.6) is 0 Å². The van der Waals surface area contributed by atoms with E-state index >= 15 is 0 Å². The van der Waals surface area contributed by atoms with E-state index in [0.29, 0.717) is 0 Å². The maximum Gasteiger partial charge on any atom is 0.317 e. The Morgan fingerprint density at radius 2 is 2.44 bits per heavy atom. The molecule has 0 aliphatic carbocycles. The van der Waals surface area contributed by atoms with Crippen LogP contribution in [0.4, 0.5) is 10.5 Å². The molecule has 0 spiro atoms. The van der Waals surface area contributed by atoms with E-state index in [0.717, 1.165) is 37.6 Å². The van der Waals surface area contributed by atoms with Crippen LogP contribution in [-0.2, 0) is 7.05 Å². The lowest BCUT2D eigenvalue weighted by Crippen LogP contribution is -2.32. The predicted molar refractivity (Wildman–Crippen MR) is 61.4 cm³/mol. The Hall–Kier alpha value is -1.72. The van der Waals surface area contributed by atoms with Crippen molar-refractivity contribution in [1.82, 2.24) is 20.0 Å². The molecule has 1 aromatic rings. The van der Waals surface area contributed by atoms with Crippen LogP contribution in [0.15, 0.2) is 6.20 Å². The molecule has 1 saturated heterocycles. The van der Waals surface area contributed by atoms with E-state index in [2.05, 4.69) is 15.7 Å². The highest BCUT2D eigenvalue weighted by atomic mass is 16.2. The minimum Gasteiger partial charge on any atom is -0.381 e. The van der Waals surface area contributed by atoms with Crippen molar-refractivity contribution in [3.63, 3.8) is 0 Å². The Bertz CT molecular complexity index is 387. The van der Waals surface area contributed by atoms with E-state index < -0.39 is 0 Å². The van der Waals surface area contributed by atoms with Crippen LogP contribution in [0.25, 0.3) is 0 Å². The van der Waals surface area contributed by atoms with Crippen molar-refractivity contribution in [2.45, 2.75) is 6.92 Å². The van der Waals surface area contributed by atoms with E-state index in [4.69, 9.17) is 0 Å². The molecule has 0 bridgehead atoms. The molecule has 2 amide bonds. The smallest absolute Gasteiger partial charge is 0.317 e. The molecule has 2 heterocycles. The monoisotopic (exact) mass is 223 g/mol. The van der Waals surface area contributed by atoms with Gasteiger partial charge in [0.05, 0.1) is 11.4 Å². The summed E-state index contributed by atoms with van der Waals surface area (Å²) in [5.41, 5.74) is 2.01. The molecule has 0 radical (unpaired) electrons. The number of rotatable bonds is 4. The van der Waals surface area contributed by atoms with Gasteiger partial charge in [0.15, 0.2) is 0 Å². The Morgan fingerprint density at radius 3 is 3.00 bits per heavy atom. The Morgan fingerprint density at radius 1 is 1.62 bits per heavy atom. The molecule has 2 rings (SSSR count). The first-order valence-electron chi connectivity index (χ1n) is 5.43. The number of amides is 2. The fourth-order valence-electron chi connectivity index (χ4n) is 1.82.